The summed E-state index contributed by atoms with van der Waals surface area (Å²) >= 11 is 0. The molecule has 2 rings (SSSR count). The van der Waals surface area contributed by atoms with E-state index in [0.29, 0.717) is 12.6 Å². The second-order valence-corrected chi connectivity index (χ2v) is 5.44. The third-order valence-electron chi connectivity index (χ3n) is 4.41. The zero-order valence-electron chi connectivity index (χ0n) is 12.8. The van der Waals surface area contributed by atoms with Crippen molar-refractivity contribution >= 4 is 0 Å². The van der Waals surface area contributed by atoms with Gasteiger partial charge in [0.25, 0.3) is 0 Å². The maximum absolute atomic E-state index is 6.05. The fourth-order valence-electron chi connectivity index (χ4n) is 3.25. The number of ether oxygens (including phenoxy) is 2. The van der Waals surface area contributed by atoms with E-state index in [1.807, 2.05) is 12.1 Å². The van der Waals surface area contributed by atoms with Crippen molar-refractivity contribution in [2.75, 3.05) is 27.8 Å². The van der Waals surface area contributed by atoms with Crippen LogP contribution < -0.4 is 15.2 Å². The van der Waals surface area contributed by atoms with Crippen molar-refractivity contribution in [1.82, 2.24) is 4.90 Å². The third-order valence-corrected chi connectivity index (χ3v) is 4.41. The van der Waals surface area contributed by atoms with Gasteiger partial charge in [-0.05, 0) is 26.0 Å². The quantitative estimate of drug-likeness (QED) is 0.869. The highest BCUT2D eigenvalue weighted by molar-refractivity contribution is 5.48. The summed E-state index contributed by atoms with van der Waals surface area (Å²) in [6.45, 7) is 0.580. The summed E-state index contributed by atoms with van der Waals surface area (Å²) in [5, 5.41) is 0. The molecule has 20 heavy (non-hydrogen) atoms. The minimum absolute atomic E-state index is 0.170. The Labute approximate surface area is 121 Å². The molecule has 2 N–H and O–H groups in total. The van der Waals surface area contributed by atoms with Crippen LogP contribution in [-0.4, -0.2) is 38.8 Å². The fraction of sp³-hybridized carbons (Fsp3) is 0.625. The lowest BCUT2D eigenvalue weighted by molar-refractivity contribution is 0.176. The Morgan fingerprint density at radius 2 is 1.95 bits per heavy atom. The van der Waals surface area contributed by atoms with E-state index in [1.54, 1.807) is 14.2 Å². The van der Waals surface area contributed by atoms with Crippen LogP contribution >= 0.6 is 0 Å². The lowest BCUT2D eigenvalue weighted by Crippen LogP contribution is -2.37. The predicted molar refractivity (Wildman–Crippen MR) is 81.4 cm³/mol. The molecule has 0 saturated heterocycles. The van der Waals surface area contributed by atoms with Crippen molar-refractivity contribution in [3.63, 3.8) is 0 Å². The van der Waals surface area contributed by atoms with Gasteiger partial charge in [0.05, 0.1) is 20.3 Å². The molecule has 0 amide bonds. The van der Waals surface area contributed by atoms with E-state index in [4.69, 9.17) is 15.2 Å². The number of benzene rings is 1. The monoisotopic (exact) mass is 278 g/mol. The largest absolute Gasteiger partial charge is 0.493 e. The number of para-hydroxylation sites is 1. The molecule has 0 heterocycles. The molecule has 0 bridgehead atoms. The highest BCUT2D eigenvalue weighted by Gasteiger charge is 2.28. The number of hydrogen-bond acceptors (Lipinski definition) is 4. The van der Waals surface area contributed by atoms with Crippen LogP contribution in [0.1, 0.15) is 37.3 Å². The summed E-state index contributed by atoms with van der Waals surface area (Å²) < 4.78 is 10.9. The smallest absolute Gasteiger partial charge is 0.165 e. The van der Waals surface area contributed by atoms with Crippen molar-refractivity contribution in [3.8, 4) is 11.5 Å². The van der Waals surface area contributed by atoms with Crippen LogP contribution in [0.15, 0.2) is 18.2 Å². The van der Waals surface area contributed by atoms with E-state index in [1.165, 1.54) is 25.7 Å². The summed E-state index contributed by atoms with van der Waals surface area (Å²) in [4.78, 5) is 2.41. The van der Waals surface area contributed by atoms with Crippen LogP contribution in [0.3, 0.4) is 0 Å². The lowest BCUT2D eigenvalue weighted by atomic mass is 10.0. The maximum Gasteiger partial charge on any atom is 0.165 e. The van der Waals surface area contributed by atoms with Gasteiger partial charge in [0.1, 0.15) is 0 Å². The molecule has 1 aromatic carbocycles. The van der Waals surface area contributed by atoms with Gasteiger partial charge in [0.15, 0.2) is 11.5 Å². The summed E-state index contributed by atoms with van der Waals surface area (Å²) in [7, 11) is 5.52. The fourth-order valence-corrected chi connectivity index (χ4v) is 3.25. The summed E-state index contributed by atoms with van der Waals surface area (Å²) in [6.07, 6.45) is 5.17. The number of nitrogens with zero attached hydrogens (tertiary/aromatic N) is 1. The van der Waals surface area contributed by atoms with E-state index < -0.39 is 0 Å². The van der Waals surface area contributed by atoms with E-state index in [2.05, 4.69) is 18.0 Å². The van der Waals surface area contributed by atoms with Crippen molar-refractivity contribution in [3.05, 3.63) is 23.8 Å². The Balaban J connectivity index is 2.30. The van der Waals surface area contributed by atoms with Crippen LogP contribution in [0.4, 0.5) is 0 Å². The molecular formula is C16H26N2O2. The van der Waals surface area contributed by atoms with Crippen molar-refractivity contribution in [1.29, 1.82) is 0 Å². The molecule has 0 aromatic heterocycles. The number of methoxy groups -OCH3 is 2. The first-order valence-corrected chi connectivity index (χ1v) is 7.35. The van der Waals surface area contributed by atoms with Gasteiger partial charge < -0.3 is 15.2 Å². The molecule has 1 fully saturated rings. The predicted octanol–water partition coefficient (Wildman–Crippen LogP) is 2.58. The number of rotatable bonds is 6. The normalized spacial score (nSPS) is 17.4. The van der Waals surface area contributed by atoms with Gasteiger partial charge in [-0.25, -0.2) is 0 Å². The van der Waals surface area contributed by atoms with E-state index >= 15 is 0 Å². The van der Waals surface area contributed by atoms with Crippen LogP contribution in [0, 0.1) is 0 Å². The van der Waals surface area contributed by atoms with Gasteiger partial charge in [-0.2, -0.15) is 0 Å². The first kappa shape index (κ1) is 15.1. The Hall–Kier alpha value is -1.26. The molecule has 112 valence electrons. The third kappa shape index (κ3) is 2.91. The summed E-state index contributed by atoms with van der Waals surface area (Å²) in [5.74, 6) is 1.57. The van der Waals surface area contributed by atoms with Crippen molar-refractivity contribution < 1.29 is 9.47 Å². The molecule has 1 aliphatic carbocycles. The van der Waals surface area contributed by atoms with E-state index in [-0.39, 0.29) is 6.04 Å². The highest BCUT2D eigenvalue weighted by atomic mass is 16.5. The number of hydrogen-bond donors (Lipinski definition) is 1. The minimum Gasteiger partial charge on any atom is -0.493 e. The lowest BCUT2D eigenvalue weighted by Gasteiger charge is -2.33. The van der Waals surface area contributed by atoms with Gasteiger partial charge in [0, 0.05) is 18.2 Å². The van der Waals surface area contributed by atoms with Gasteiger partial charge in [-0.1, -0.05) is 25.0 Å². The average molecular weight is 278 g/mol. The molecule has 4 nitrogen and oxygen atoms in total. The standard InChI is InChI=1S/C16H26N2O2/c1-18(12-7-4-5-8-12)14(11-17)13-9-6-10-15(19-2)16(13)20-3/h6,9-10,12,14H,4-5,7-8,11,17H2,1-3H3. The minimum atomic E-state index is 0.170. The molecule has 0 aliphatic heterocycles. The molecule has 0 radical (unpaired) electrons. The molecule has 1 aromatic rings. The maximum atomic E-state index is 6.05. The molecule has 1 aliphatic rings. The zero-order valence-corrected chi connectivity index (χ0v) is 12.8. The van der Waals surface area contributed by atoms with Gasteiger partial charge in [0.2, 0.25) is 0 Å². The van der Waals surface area contributed by atoms with Crippen LogP contribution in [0.5, 0.6) is 11.5 Å². The van der Waals surface area contributed by atoms with Gasteiger partial charge in [-0.3, -0.25) is 4.90 Å². The highest BCUT2D eigenvalue weighted by Crippen LogP contribution is 2.38. The Bertz CT molecular complexity index is 430. The van der Waals surface area contributed by atoms with Gasteiger partial charge >= 0.3 is 0 Å². The second-order valence-electron chi connectivity index (χ2n) is 5.44. The van der Waals surface area contributed by atoms with E-state index in [9.17, 15) is 0 Å². The van der Waals surface area contributed by atoms with E-state index in [0.717, 1.165) is 17.1 Å². The summed E-state index contributed by atoms with van der Waals surface area (Å²) in [6, 6.07) is 6.81. The van der Waals surface area contributed by atoms with Crippen molar-refractivity contribution in [2.24, 2.45) is 5.73 Å². The average Bonchev–Trinajstić information content (AvgIpc) is 3.01. The molecule has 1 atom stereocenters. The first-order valence-electron chi connectivity index (χ1n) is 7.35. The molecule has 1 saturated carbocycles. The number of likely N-dealkylation sites (N-methyl/N-ethyl adjacent to an activating group) is 1. The zero-order chi connectivity index (χ0) is 14.5. The number of nitrogens with two attached hydrogens (primary N) is 1. The van der Waals surface area contributed by atoms with Crippen LogP contribution in [0.2, 0.25) is 0 Å². The first-order chi connectivity index (χ1) is 9.72. The SMILES string of the molecule is COc1cccc(C(CN)N(C)C2CCCC2)c1OC. The Kier molecular flexibility index (Phi) is 5.26. The molecule has 1 unspecified atom stereocenters. The Morgan fingerprint density at radius 3 is 2.50 bits per heavy atom. The van der Waals surface area contributed by atoms with Crippen molar-refractivity contribution in [2.45, 2.75) is 37.8 Å². The van der Waals surface area contributed by atoms with Gasteiger partial charge in [-0.15, -0.1) is 0 Å². The molecule has 4 heteroatoms. The molecule has 0 spiro atoms. The Morgan fingerprint density at radius 1 is 1.25 bits per heavy atom. The second kappa shape index (κ2) is 6.95. The summed E-state index contributed by atoms with van der Waals surface area (Å²) in [5.41, 5.74) is 7.16. The molecular weight excluding hydrogens is 252 g/mol. The van der Waals surface area contributed by atoms with Crippen LogP contribution in [0.25, 0.3) is 0 Å². The topological polar surface area (TPSA) is 47.7 Å². The van der Waals surface area contributed by atoms with Crippen LogP contribution in [-0.2, 0) is 0 Å².